The second-order valence-corrected chi connectivity index (χ2v) is 6.50. The number of hydrogen-bond donors (Lipinski definition) is 2. The Morgan fingerprint density at radius 1 is 0.931 bits per heavy atom. The van der Waals surface area contributed by atoms with Gasteiger partial charge in [0.25, 0.3) is 5.91 Å². The second kappa shape index (κ2) is 10.5. The highest BCUT2D eigenvalue weighted by Gasteiger charge is 2.09. The van der Waals surface area contributed by atoms with Crippen molar-refractivity contribution in [3.8, 4) is 0 Å². The van der Waals surface area contributed by atoms with E-state index in [1.165, 1.54) is 6.21 Å². The van der Waals surface area contributed by atoms with Crippen molar-refractivity contribution in [2.75, 3.05) is 0 Å². The second-order valence-electron chi connectivity index (χ2n) is 6.50. The lowest BCUT2D eigenvalue weighted by atomic mass is 10.2. The Labute approximate surface area is 170 Å². The number of allylic oxidation sites excluding steroid dienone is 2. The Bertz CT molecular complexity index is 983. The van der Waals surface area contributed by atoms with Gasteiger partial charge in [-0.05, 0) is 23.8 Å². The Kier molecular flexibility index (Phi) is 7.23. The summed E-state index contributed by atoms with van der Waals surface area (Å²) >= 11 is 0. The van der Waals surface area contributed by atoms with Gasteiger partial charge in [-0.1, -0.05) is 35.5 Å². The first-order chi connectivity index (χ1) is 14.2. The van der Waals surface area contributed by atoms with Crippen LogP contribution in [0.3, 0.4) is 0 Å². The summed E-state index contributed by atoms with van der Waals surface area (Å²) in [6.07, 6.45) is 13.1. The zero-order valence-electron chi connectivity index (χ0n) is 16.1. The highest BCUT2D eigenvalue weighted by Crippen LogP contribution is 2.00. The van der Waals surface area contributed by atoms with Gasteiger partial charge in [0.15, 0.2) is 37.9 Å². The van der Waals surface area contributed by atoms with Gasteiger partial charge in [0.05, 0.1) is 6.21 Å². The van der Waals surface area contributed by atoms with Gasteiger partial charge in [-0.2, -0.15) is 0 Å². The molecule has 0 aliphatic heterocycles. The number of pyridine rings is 2. The van der Waals surface area contributed by atoms with Gasteiger partial charge in [0.2, 0.25) is 0 Å². The molecule has 0 aliphatic rings. The van der Waals surface area contributed by atoms with Gasteiger partial charge in [0, 0.05) is 30.3 Å². The number of aromatic nitrogens is 2. The predicted octanol–water partition coefficient (Wildman–Crippen LogP) is 2.26. The van der Waals surface area contributed by atoms with E-state index in [1.807, 2.05) is 88.5 Å². The lowest BCUT2D eigenvalue weighted by Crippen LogP contribution is -2.35. The van der Waals surface area contributed by atoms with Crippen LogP contribution in [0.15, 0.2) is 96.7 Å². The molecule has 3 aromatic rings. The van der Waals surface area contributed by atoms with E-state index in [0.717, 1.165) is 17.7 Å². The molecule has 0 atom stereocenters. The van der Waals surface area contributed by atoms with E-state index in [1.54, 1.807) is 0 Å². The van der Waals surface area contributed by atoms with Crippen LogP contribution in [0.4, 0.5) is 0 Å². The first kappa shape index (κ1) is 19.9. The molecule has 1 aromatic carbocycles. The number of rotatable bonds is 8. The summed E-state index contributed by atoms with van der Waals surface area (Å²) in [5.41, 5.74) is 2.54. The summed E-state index contributed by atoms with van der Waals surface area (Å²) in [4.78, 5) is 12.4. The van der Waals surface area contributed by atoms with Gasteiger partial charge in [-0.3, -0.25) is 4.79 Å². The van der Waals surface area contributed by atoms with Crippen LogP contribution < -0.4 is 14.5 Å². The molecule has 0 saturated carbocycles. The fraction of sp³-hybridized carbons (Fsp3) is 0.130. The van der Waals surface area contributed by atoms with Crippen molar-refractivity contribution in [2.45, 2.75) is 19.6 Å². The lowest BCUT2D eigenvalue weighted by molar-refractivity contribution is -0.691. The van der Waals surface area contributed by atoms with Crippen LogP contribution >= 0.6 is 0 Å². The van der Waals surface area contributed by atoms with E-state index >= 15 is 0 Å². The van der Waals surface area contributed by atoms with Crippen molar-refractivity contribution >= 4 is 12.1 Å². The molecule has 0 unspecified atom stereocenters. The molecule has 29 heavy (non-hydrogen) atoms. The molecule has 0 spiro atoms. The SMILES string of the molecule is O=C(NCc1ccccc1)c1ccc[n+](C/C=C/C[n+]2ccc(/C=N/O)cc2)c1. The van der Waals surface area contributed by atoms with Gasteiger partial charge in [-0.15, -0.1) is 0 Å². The van der Waals surface area contributed by atoms with Gasteiger partial charge in [0.1, 0.15) is 5.56 Å². The van der Waals surface area contributed by atoms with Crippen LogP contribution in [0.25, 0.3) is 0 Å². The molecule has 146 valence electrons. The van der Waals surface area contributed by atoms with Gasteiger partial charge < -0.3 is 10.5 Å². The minimum atomic E-state index is -0.0887. The molecule has 0 radical (unpaired) electrons. The number of benzene rings is 1. The van der Waals surface area contributed by atoms with Gasteiger partial charge in [-0.25, -0.2) is 9.13 Å². The summed E-state index contributed by atoms with van der Waals surface area (Å²) in [7, 11) is 0. The summed E-state index contributed by atoms with van der Waals surface area (Å²) < 4.78 is 3.99. The topological polar surface area (TPSA) is 69.5 Å². The van der Waals surface area contributed by atoms with Crippen molar-refractivity contribution < 1.29 is 19.1 Å². The van der Waals surface area contributed by atoms with E-state index < -0.39 is 0 Å². The number of nitrogens with one attached hydrogen (secondary N) is 1. The van der Waals surface area contributed by atoms with Crippen molar-refractivity contribution in [3.05, 3.63) is 108 Å². The quantitative estimate of drug-likeness (QED) is 0.204. The molecule has 0 saturated heterocycles. The molecule has 0 bridgehead atoms. The zero-order chi connectivity index (χ0) is 20.3. The predicted molar refractivity (Wildman–Crippen MR) is 109 cm³/mol. The Morgan fingerprint density at radius 3 is 2.38 bits per heavy atom. The Balaban J connectivity index is 1.51. The van der Waals surface area contributed by atoms with E-state index in [0.29, 0.717) is 18.7 Å². The maximum Gasteiger partial charge on any atom is 0.257 e. The van der Waals surface area contributed by atoms with E-state index in [-0.39, 0.29) is 5.91 Å². The number of carbonyl (C=O) groups is 1. The highest BCUT2D eigenvalue weighted by atomic mass is 16.4. The first-order valence-corrected chi connectivity index (χ1v) is 9.37. The number of oxime groups is 1. The van der Waals surface area contributed by atoms with E-state index in [4.69, 9.17) is 5.21 Å². The minimum Gasteiger partial charge on any atom is -0.411 e. The molecule has 2 N–H and O–H groups in total. The maximum absolute atomic E-state index is 12.4. The Hall–Kier alpha value is -3.80. The van der Waals surface area contributed by atoms with Crippen LogP contribution in [0, 0.1) is 0 Å². The van der Waals surface area contributed by atoms with Crippen molar-refractivity contribution in [1.82, 2.24) is 5.32 Å². The molecule has 0 fully saturated rings. The Morgan fingerprint density at radius 2 is 1.66 bits per heavy atom. The molecular formula is C23H24N4O2+2. The average molecular weight is 388 g/mol. The molecule has 1 amide bonds. The summed E-state index contributed by atoms with van der Waals surface area (Å²) in [5, 5.41) is 14.5. The van der Waals surface area contributed by atoms with Crippen molar-refractivity contribution in [1.29, 1.82) is 0 Å². The monoisotopic (exact) mass is 388 g/mol. The number of hydrogen-bond acceptors (Lipinski definition) is 3. The van der Waals surface area contributed by atoms with Crippen LogP contribution in [0.1, 0.15) is 21.5 Å². The molecule has 6 heteroatoms. The minimum absolute atomic E-state index is 0.0887. The van der Waals surface area contributed by atoms with Crippen LogP contribution in [0.2, 0.25) is 0 Å². The number of carbonyl (C=O) groups excluding carboxylic acids is 1. The average Bonchev–Trinajstić information content (AvgIpc) is 2.77. The highest BCUT2D eigenvalue weighted by molar-refractivity contribution is 5.93. The largest absolute Gasteiger partial charge is 0.411 e. The molecule has 3 rings (SSSR count). The van der Waals surface area contributed by atoms with Crippen LogP contribution in [0.5, 0.6) is 0 Å². The first-order valence-electron chi connectivity index (χ1n) is 9.37. The molecule has 0 aliphatic carbocycles. The summed E-state index contributed by atoms with van der Waals surface area (Å²) in [6.45, 7) is 1.92. The third kappa shape index (κ3) is 6.39. The van der Waals surface area contributed by atoms with E-state index in [9.17, 15) is 4.79 Å². The third-order valence-electron chi connectivity index (χ3n) is 4.34. The molecule has 2 heterocycles. The van der Waals surface area contributed by atoms with Crippen molar-refractivity contribution in [2.24, 2.45) is 5.16 Å². The standard InChI is InChI=1S/C23H22N4O2/c28-23(24-17-20-7-2-1-3-8-20)22-9-6-14-27(19-22)13-5-4-12-26-15-10-21(11-16-26)18-25-29/h1-11,14-16,18-19H,12-13,17H2/p+2/b5-4+. The fourth-order valence-electron chi connectivity index (χ4n) is 2.79. The number of nitrogens with zero attached hydrogens (tertiary/aromatic N) is 3. The normalized spacial score (nSPS) is 11.2. The molecule has 6 nitrogen and oxygen atoms in total. The lowest BCUT2D eigenvalue weighted by Gasteiger charge is -2.04. The van der Waals surface area contributed by atoms with Crippen molar-refractivity contribution in [3.63, 3.8) is 0 Å². The molecular weight excluding hydrogens is 364 g/mol. The smallest absolute Gasteiger partial charge is 0.257 e. The summed E-state index contributed by atoms with van der Waals surface area (Å²) in [5.74, 6) is -0.0887. The van der Waals surface area contributed by atoms with Crippen LogP contribution in [-0.2, 0) is 19.6 Å². The zero-order valence-corrected chi connectivity index (χ0v) is 16.1. The molecule has 2 aromatic heterocycles. The number of amides is 1. The van der Waals surface area contributed by atoms with Gasteiger partial charge >= 0.3 is 0 Å². The maximum atomic E-state index is 12.4. The third-order valence-corrected chi connectivity index (χ3v) is 4.34. The van der Waals surface area contributed by atoms with Crippen LogP contribution in [-0.4, -0.2) is 17.3 Å². The fourth-order valence-corrected chi connectivity index (χ4v) is 2.79. The summed E-state index contributed by atoms with van der Waals surface area (Å²) in [6, 6.07) is 17.3. The van der Waals surface area contributed by atoms with E-state index in [2.05, 4.69) is 22.6 Å².